The molecule has 1 aromatic carbocycles. The topological polar surface area (TPSA) is 25.4 Å². The number of likely N-dealkylation sites (tertiary alicyclic amines) is 1. The first-order valence-corrected chi connectivity index (χ1v) is 8.23. The lowest BCUT2D eigenvalue weighted by Crippen LogP contribution is -2.20. The van der Waals surface area contributed by atoms with E-state index in [1.54, 1.807) is 0 Å². The lowest BCUT2D eigenvalue weighted by atomic mass is 9.86. The van der Waals surface area contributed by atoms with Gasteiger partial charge in [0.1, 0.15) is 17.3 Å². The Morgan fingerprint density at radius 3 is 2.74 bits per heavy atom. The average molecular weight is 312 g/mol. The van der Waals surface area contributed by atoms with E-state index in [1.165, 1.54) is 6.07 Å². The van der Waals surface area contributed by atoms with Gasteiger partial charge in [0, 0.05) is 42.8 Å². The first-order chi connectivity index (χ1) is 11.1. The fourth-order valence-corrected chi connectivity index (χ4v) is 3.83. The van der Waals surface area contributed by atoms with E-state index >= 15 is 0 Å². The van der Waals surface area contributed by atoms with Crippen molar-refractivity contribution in [1.82, 2.24) is 9.88 Å². The molecular weight excluding hydrogens is 291 g/mol. The Kier molecular flexibility index (Phi) is 3.38. The normalized spacial score (nSPS) is 22.8. The predicted molar refractivity (Wildman–Crippen MR) is 87.8 cm³/mol. The minimum absolute atomic E-state index is 0.213. The third-order valence-corrected chi connectivity index (χ3v) is 5.12. The zero-order valence-corrected chi connectivity index (χ0v) is 13.8. The van der Waals surface area contributed by atoms with E-state index in [1.807, 2.05) is 32.2 Å². The zero-order valence-electron chi connectivity index (χ0n) is 13.8. The maximum atomic E-state index is 14.1. The minimum atomic E-state index is -0.213. The molecule has 1 aromatic heterocycles. The van der Waals surface area contributed by atoms with E-state index in [4.69, 9.17) is 4.74 Å². The molecule has 0 unspecified atom stereocenters. The van der Waals surface area contributed by atoms with Crippen LogP contribution in [0.2, 0.25) is 0 Å². The number of nitrogens with zero attached hydrogens (tertiary/aromatic N) is 2. The summed E-state index contributed by atoms with van der Waals surface area (Å²) in [5.74, 6) is 1.82. The summed E-state index contributed by atoms with van der Waals surface area (Å²) in [4.78, 5) is 7.11. The second-order valence-electron chi connectivity index (χ2n) is 6.70. The van der Waals surface area contributed by atoms with E-state index in [-0.39, 0.29) is 5.82 Å². The number of benzene rings is 1. The van der Waals surface area contributed by atoms with Gasteiger partial charge in [0.15, 0.2) is 0 Å². The molecule has 0 spiro atoms. The van der Waals surface area contributed by atoms with Crippen LogP contribution in [0.25, 0.3) is 0 Å². The van der Waals surface area contributed by atoms with E-state index in [9.17, 15) is 4.39 Å². The van der Waals surface area contributed by atoms with Gasteiger partial charge >= 0.3 is 0 Å². The smallest absolute Gasteiger partial charge is 0.149 e. The molecule has 2 aliphatic heterocycles. The highest BCUT2D eigenvalue weighted by Gasteiger charge is 2.40. The van der Waals surface area contributed by atoms with E-state index in [2.05, 4.69) is 16.8 Å². The fourth-order valence-electron chi connectivity index (χ4n) is 3.83. The Labute approximate surface area is 136 Å². The van der Waals surface area contributed by atoms with Gasteiger partial charge in [0.2, 0.25) is 0 Å². The highest BCUT2D eigenvalue weighted by atomic mass is 19.1. The first kappa shape index (κ1) is 14.6. The average Bonchev–Trinajstić information content (AvgIpc) is 2.90. The Hall–Kier alpha value is -1.94. The maximum absolute atomic E-state index is 14.1. The number of halogens is 1. The van der Waals surface area contributed by atoms with Crippen molar-refractivity contribution in [2.75, 3.05) is 19.6 Å². The molecule has 23 heavy (non-hydrogen) atoms. The van der Waals surface area contributed by atoms with Gasteiger partial charge in [-0.05, 0) is 43.7 Å². The molecule has 0 radical (unpaired) electrons. The van der Waals surface area contributed by atoms with E-state index in [0.29, 0.717) is 23.1 Å². The van der Waals surface area contributed by atoms with Gasteiger partial charge in [-0.15, -0.1) is 0 Å². The van der Waals surface area contributed by atoms with Crippen LogP contribution < -0.4 is 4.74 Å². The molecule has 1 fully saturated rings. The molecule has 2 aromatic rings. The predicted octanol–water partition coefficient (Wildman–Crippen LogP) is 4.15. The number of ether oxygens (including phenoxy) is 1. The Bertz CT molecular complexity index is 774. The van der Waals surface area contributed by atoms with Gasteiger partial charge in [0.05, 0.1) is 5.69 Å². The van der Waals surface area contributed by atoms with Crippen LogP contribution in [0.5, 0.6) is 11.5 Å². The van der Waals surface area contributed by atoms with E-state index < -0.39 is 0 Å². The van der Waals surface area contributed by atoms with Gasteiger partial charge in [0.25, 0.3) is 0 Å². The van der Waals surface area contributed by atoms with Crippen molar-refractivity contribution in [3.05, 3.63) is 52.6 Å². The largest absolute Gasteiger partial charge is 0.455 e. The third kappa shape index (κ3) is 2.32. The number of hydrogen-bond acceptors (Lipinski definition) is 3. The molecule has 2 aliphatic rings. The molecule has 1 saturated heterocycles. The van der Waals surface area contributed by atoms with Crippen LogP contribution in [0.4, 0.5) is 4.39 Å². The summed E-state index contributed by atoms with van der Waals surface area (Å²) >= 11 is 0. The highest BCUT2D eigenvalue weighted by molar-refractivity contribution is 5.50. The van der Waals surface area contributed by atoms with Crippen molar-refractivity contribution in [2.45, 2.75) is 32.6 Å². The molecule has 3 nitrogen and oxygen atoms in total. The number of aryl methyl sites for hydroxylation is 2. The standard InChI is InChI=1S/C19H21FN2O/c1-4-22-9-14-13-6-12(3)16(20)7-17(13)23-18-5-11(2)8-21-19(18)15(14)10-22/h5-8,14-15H,4,9-10H2,1-3H3/t14-,15-/m0/s1. The third-order valence-electron chi connectivity index (χ3n) is 5.12. The number of pyridine rings is 1. The summed E-state index contributed by atoms with van der Waals surface area (Å²) in [5, 5.41) is 0. The van der Waals surface area contributed by atoms with Crippen molar-refractivity contribution in [3.8, 4) is 11.5 Å². The lowest BCUT2D eigenvalue weighted by Gasteiger charge is -2.17. The van der Waals surface area contributed by atoms with Crippen molar-refractivity contribution in [2.24, 2.45) is 0 Å². The summed E-state index contributed by atoms with van der Waals surface area (Å²) in [7, 11) is 0. The molecule has 4 rings (SSSR count). The molecule has 2 atom stereocenters. The number of fused-ring (bicyclic) bond motifs is 5. The molecule has 0 bridgehead atoms. The van der Waals surface area contributed by atoms with Gasteiger partial charge in [-0.1, -0.05) is 6.92 Å². The Morgan fingerprint density at radius 1 is 1.17 bits per heavy atom. The molecule has 0 saturated carbocycles. The quantitative estimate of drug-likeness (QED) is 0.791. The van der Waals surface area contributed by atoms with Crippen LogP contribution >= 0.6 is 0 Å². The Morgan fingerprint density at radius 2 is 1.96 bits per heavy atom. The SMILES string of the molecule is CCN1C[C@@H]2c3ncc(C)cc3Oc3cc(F)c(C)cc3[C@@H]2C1. The summed E-state index contributed by atoms with van der Waals surface area (Å²) in [5.41, 5.74) is 3.85. The number of likely N-dealkylation sites (N-methyl/N-ethyl adjacent to an activating group) is 1. The summed E-state index contributed by atoms with van der Waals surface area (Å²) < 4.78 is 20.2. The van der Waals surface area contributed by atoms with Crippen molar-refractivity contribution < 1.29 is 9.13 Å². The molecule has 0 aliphatic carbocycles. The highest BCUT2D eigenvalue weighted by Crippen LogP contribution is 2.49. The fraction of sp³-hybridized carbons (Fsp3) is 0.421. The number of hydrogen-bond donors (Lipinski definition) is 0. The van der Waals surface area contributed by atoms with Gasteiger partial charge in [-0.3, -0.25) is 4.98 Å². The summed E-state index contributed by atoms with van der Waals surface area (Å²) in [6.45, 7) is 8.97. The number of aromatic nitrogens is 1. The zero-order chi connectivity index (χ0) is 16.1. The van der Waals surface area contributed by atoms with Crippen LogP contribution in [0.1, 0.15) is 41.1 Å². The molecule has 4 heteroatoms. The summed E-state index contributed by atoms with van der Waals surface area (Å²) in [6, 6.07) is 5.51. The molecule has 0 amide bonds. The first-order valence-electron chi connectivity index (χ1n) is 8.23. The maximum Gasteiger partial charge on any atom is 0.149 e. The molecule has 120 valence electrons. The minimum Gasteiger partial charge on any atom is -0.455 e. The molecule has 0 N–H and O–H groups in total. The second kappa shape index (κ2) is 5.31. The molecule has 3 heterocycles. The van der Waals surface area contributed by atoms with Crippen LogP contribution in [0, 0.1) is 19.7 Å². The Balaban J connectivity index is 1.92. The lowest BCUT2D eigenvalue weighted by molar-refractivity contribution is 0.347. The van der Waals surface area contributed by atoms with Gasteiger partial charge in [-0.2, -0.15) is 0 Å². The van der Waals surface area contributed by atoms with Crippen LogP contribution in [0.15, 0.2) is 24.4 Å². The van der Waals surface area contributed by atoms with Crippen molar-refractivity contribution in [1.29, 1.82) is 0 Å². The van der Waals surface area contributed by atoms with Crippen LogP contribution in [-0.4, -0.2) is 29.5 Å². The number of rotatable bonds is 1. The van der Waals surface area contributed by atoms with Crippen molar-refractivity contribution >= 4 is 0 Å². The van der Waals surface area contributed by atoms with Crippen LogP contribution in [0.3, 0.4) is 0 Å². The second-order valence-corrected chi connectivity index (χ2v) is 6.70. The van der Waals surface area contributed by atoms with E-state index in [0.717, 1.165) is 42.2 Å². The molecular formula is C19H21FN2O. The van der Waals surface area contributed by atoms with Crippen molar-refractivity contribution in [3.63, 3.8) is 0 Å². The van der Waals surface area contributed by atoms with Gasteiger partial charge < -0.3 is 9.64 Å². The van der Waals surface area contributed by atoms with Crippen LogP contribution in [-0.2, 0) is 0 Å². The van der Waals surface area contributed by atoms with Gasteiger partial charge in [-0.25, -0.2) is 4.39 Å². The summed E-state index contributed by atoms with van der Waals surface area (Å²) in [6.07, 6.45) is 1.90. The monoisotopic (exact) mass is 312 g/mol.